The van der Waals surface area contributed by atoms with Crippen LogP contribution in [0.2, 0.25) is 0 Å². The fourth-order valence-electron chi connectivity index (χ4n) is 1.49. The number of carbonyl (C=O) groups is 1. The summed E-state index contributed by atoms with van der Waals surface area (Å²) in [5.41, 5.74) is 2.79. The van der Waals surface area contributed by atoms with Crippen molar-refractivity contribution in [1.82, 2.24) is 4.90 Å². The third kappa shape index (κ3) is 3.34. The molecule has 0 atom stereocenters. The molecule has 0 saturated carbocycles. The number of hydrogen-bond acceptors (Lipinski definition) is 3. The molecule has 3 nitrogen and oxygen atoms in total. The average Bonchev–Trinajstić information content (AvgIpc) is 2.29. The first-order valence-corrected chi connectivity index (χ1v) is 5.50. The lowest BCUT2D eigenvalue weighted by Gasteiger charge is -2.09. The molecule has 0 saturated heterocycles. The summed E-state index contributed by atoms with van der Waals surface area (Å²) >= 11 is 0. The molecule has 0 aromatic heterocycles. The summed E-state index contributed by atoms with van der Waals surface area (Å²) in [5, 5.41) is 0. The number of carbonyl (C=O) groups excluding carboxylic acids is 1. The van der Waals surface area contributed by atoms with Crippen molar-refractivity contribution in [3.05, 3.63) is 41.1 Å². The van der Waals surface area contributed by atoms with Gasteiger partial charge in [-0.25, -0.2) is 0 Å². The SMILES string of the molecule is COc1cc(C(=O)/C=C/N(C)C)cc(C)c1C. The monoisotopic (exact) mass is 233 g/mol. The van der Waals surface area contributed by atoms with Crippen LogP contribution in [-0.2, 0) is 0 Å². The van der Waals surface area contributed by atoms with Crippen molar-refractivity contribution in [2.75, 3.05) is 21.2 Å². The Labute approximate surface area is 103 Å². The number of benzene rings is 1. The van der Waals surface area contributed by atoms with Crippen molar-refractivity contribution in [3.8, 4) is 5.75 Å². The molecule has 0 bridgehead atoms. The zero-order valence-corrected chi connectivity index (χ0v) is 11.1. The molecule has 0 heterocycles. The van der Waals surface area contributed by atoms with Gasteiger partial charge in [-0.15, -0.1) is 0 Å². The van der Waals surface area contributed by atoms with Gasteiger partial charge in [0, 0.05) is 31.9 Å². The Bertz CT molecular complexity index is 448. The molecular weight excluding hydrogens is 214 g/mol. The molecule has 0 spiro atoms. The quantitative estimate of drug-likeness (QED) is 0.591. The number of methoxy groups -OCH3 is 1. The molecule has 0 aliphatic rings. The van der Waals surface area contributed by atoms with E-state index in [-0.39, 0.29) is 5.78 Å². The second-order valence-electron chi connectivity index (χ2n) is 4.26. The van der Waals surface area contributed by atoms with Crippen molar-refractivity contribution in [3.63, 3.8) is 0 Å². The van der Waals surface area contributed by atoms with Crippen molar-refractivity contribution in [1.29, 1.82) is 0 Å². The van der Waals surface area contributed by atoms with Crippen LogP contribution in [0.5, 0.6) is 5.75 Å². The van der Waals surface area contributed by atoms with E-state index in [2.05, 4.69) is 0 Å². The summed E-state index contributed by atoms with van der Waals surface area (Å²) < 4.78 is 5.26. The van der Waals surface area contributed by atoms with E-state index < -0.39 is 0 Å². The standard InChI is InChI=1S/C14H19NO2/c1-10-8-12(9-14(17-5)11(10)2)13(16)6-7-15(3)4/h6-9H,1-5H3/b7-6+. The summed E-state index contributed by atoms with van der Waals surface area (Å²) in [6, 6.07) is 3.67. The predicted molar refractivity (Wildman–Crippen MR) is 69.6 cm³/mol. The lowest BCUT2D eigenvalue weighted by molar-refractivity contribution is 0.104. The Morgan fingerprint density at radius 2 is 1.94 bits per heavy atom. The number of allylic oxidation sites excluding steroid dienone is 1. The smallest absolute Gasteiger partial charge is 0.187 e. The number of nitrogens with zero attached hydrogens (tertiary/aromatic N) is 1. The number of hydrogen-bond donors (Lipinski definition) is 0. The van der Waals surface area contributed by atoms with Gasteiger partial charge in [0.05, 0.1) is 7.11 Å². The summed E-state index contributed by atoms with van der Waals surface area (Å²) in [6.45, 7) is 3.96. The van der Waals surface area contributed by atoms with Gasteiger partial charge >= 0.3 is 0 Å². The van der Waals surface area contributed by atoms with E-state index in [1.165, 1.54) is 0 Å². The van der Waals surface area contributed by atoms with Gasteiger partial charge in [-0.05, 0) is 37.1 Å². The second kappa shape index (κ2) is 5.53. The molecule has 0 aliphatic carbocycles. The molecule has 0 amide bonds. The lowest BCUT2D eigenvalue weighted by Crippen LogP contribution is -2.04. The van der Waals surface area contributed by atoms with E-state index in [1.54, 1.807) is 25.5 Å². The minimum atomic E-state index is -0.0138. The van der Waals surface area contributed by atoms with Crippen LogP contribution in [0.1, 0.15) is 21.5 Å². The molecule has 0 unspecified atom stereocenters. The van der Waals surface area contributed by atoms with Crippen molar-refractivity contribution < 1.29 is 9.53 Å². The first-order chi connectivity index (χ1) is 7.95. The average molecular weight is 233 g/mol. The van der Waals surface area contributed by atoms with Crippen LogP contribution in [0.15, 0.2) is 24.4 Å². The van der Waals surface area contributed by atoms with Gasteiger partial charge in [-0.2, -0.15) is 0 Å². The zero-order valence-electron chi connectivity index (χ0n) is 11.1. The molecule has 92 valence electrons. The maximum absolute atomic E-state index is 11.9. The van der Waals surface area contributed by atoms with E-state index in [1.807, 2.05) is 38.9 Å². The van der Waals surface area contributed by atoms with Crippen LogP contribution in [0.3, 0.4) is 0 Å². The number of aryl methyl sites for hydroxylation is 1. The van der Waals surface area contributed by atoms with Gasteiger partial charge in [-0.3, -0.25) is 4.79 Å². The summed E-state index contributed by atoms with van der Waals surface area (Å²) in [6.07, 6.45) is 3.30. The molecular formula is C14H19NO2. The van der Waals surface area contributed by atoms with E-state index in [4.69, 9.17) is 4.74 Å². The fraction of sp³-hybridized carbons (Fsp3) is 0.357. The molecule has 3 heteroatoms. The van der Waals surface area contributed by atoms with Gasteiger partial charge in [0.2, 0.25) is 0 Å². The highest BCUT2D eigenvalue weighted by molar-refractivity contribution is 6.04. The Balaban J connectivity index is 3.07. The van der Waals surface area contributed by atoms with Gasteiger partial charge in [0.25, 0.3) is 0 Å². The molecule has 17 heavy (non-hydrogen) atoms. The van der Waals surface area contributed by atoms with Crippen molar-refractivity contribution in [2.24, 2.45) is 0 Å². The third-order valence-electron chi connectivity index (χ3n) is 2.65. The van der Waals surface area contributed by atoms with Crippen LogP contribution in [0.4, 0.5) is 0 Å². The summed E-state index contributed by atoms with van der Waals surface area (Å²) in [4.78, 5) is 13.7. The van der Waals surface area contributed by atoms with Crippen LogP contribution in [0, 0.1) is 13.8 Å². The molecule has 0 radical (unpaired) electrons. The first-order valence-electron chi connectivity index (χ1n) is 5.50. The number of rotatable bonds is 4. The maximum atomic E-state index is 11.9. The first kappa shape index (κ1) is 13.3. The summed E-state index contributed by atoms with van der Waals surface area (Å²) in [7, 11) is 5.38. The molecule has 0 fully saturated rings. The topological polar surface area (TPSA) is 29.5 Å². The van der Waals surface area contributed by atoms with E-state index in [0.29, 0.717) is 5.56 Å². The van der Waals surface area contributed by atoms with Crippen LogP contribution in [0.25, 0.3) is 0 Å². The molecule has 1 aromatic carbocycles. The minimum Gasteiger partial charge on any atom is -0.496 e. The number of ether oxygens (including phenoxy) is 1. The fourth-order valence-corrected chi connectivity index (χ4v) is 1.49. The van der Waals surface area contributed by atoms with Gasteiger partial charge in [0.1, 0.15) is 5.75 Å². The van der Waals surface area contributed by atoms with Crippen molar-refractivity contribution in [2.45, 2.75) is 13.8 Å². The molecule has 0 aliphatic heterocycles. The lowest BCUT2D eigenvalue weighted by atomic mass is 10.0. The Hall–Kier alpha value is -1.77. The highest BCUT2D eigenvalue weighted by Gasteiger charge is 2.08. The minimum absolute atomic E-state index is 0.0138. The van der Waals surface area contributed by atoms with E-state index in [9.17, 15) is 4.79 Å². The Morgan fingerprint density at radius 3 is 2.47 bits per heavy atom. The third-order valence-corrected chi connectivity index (χ3v) is 2.65. The maximum Gasteiger partial charge on any atom is 0.187 e. The van der Waals surface area contributed by atoms with Crippen LogP contribution in [-0.4, -0.2) is 31.9 Å². The van der Waals surface area contributed by atoms with Gasteiger partial charge in [-0.1, -0.05) is 0 Å². The summed E-state index contributed by atoms with van der Waals surface area (Å²) in [5.74, 6) is 0.742. The molecule has 0 N–H and O–H groups in total. The van der Waals surface area contributed by atoms with Crippen molar-refractivity contribution >= 4 is 5.78 Å². The largest absolute Gasteiger partial charge is 0.496 e. The molecule has 1 aromatic rings. The Kier molecular flexibility index (Phi) is 4.32. The second-order valence-corrected chi connectivity index (χ2v) is 4.26. The predicted octanol–water partition coefficient (Wildman–Crippen LogP) is 2.57. The van der Waals surface area contributed by atoms with E-state index >= 15 is 0 Å². The molecule has 1 rings (SSSR count). The van der Waals surface area contributed by atoms with Crippen LogP contribution < -0.4 is 4.74 Å². The number of ketones is 1. The van der Waals surface area contributed by atoms with Gasteiger partial charge in [0.15, 0.2) is 5.78 Å². The van der Waals surface area contributed by atoms with E-state index in [0.717, 1.165) is 16.9 Å². The normalized spacial score (nSPS) is 10.6. The van der Waals surface area contributed by atoms with Crippen LogP contribution >= 0.6 is 0 Å². The highest BCUT2D eigenvalue weighted by atomic mass is 16.5. The zero-order chi connectivity index (χ0) is 13.0. The Morgan fingerprint density at radius 1 is 1.29 bits per heavy atom. The van der Waals surface area contributed by atoms with Gasteiger partial charge < -0.3 is 9.64 Å². The highest BCUT2D eigenvalue weighted by Crippen LogP contribution is 2.23.